The van der Waals surface area contributed by atoms with E-state index in [2.05, 4.69) is 22.2 Å². The fourth-order valence-corrected chi connectivity index (χ4v) is 3.24. The van der Waals surface area contributed by atoms with E-state index in [1.807, 2.05) is 24.3 Å². The Kier molecular flexibility index (Phi) is 4.85. The second-order valence-electron chi connectivity index (χ2n) is 5.72. The van der Waals surface area contributed by atoms with Crippen LogP contribution in [0.2, 0.25) is 10.2 Å². The number of aromatic nitrogens is 1. The summed E-state index contributed by atoms with van der Waals surface area (Å²) < 4.78 is 0. The first-order valence-corrected chi connectivity index (χ1v) is 8.18. The van der Waals surface area contributed by atoms with Crippen molar-refractivity contribution in [2.45, 2.75) is 18.5 Å². The van der Waals surface area contributed by atoms with Crippen LogP contribution in [0.5, 0.6) is 0 Å². The zero-order chi connectivity index (χ0) is 16.4. The molecule has 0 bridgehead atoms. The van der Waals surface area contributed by atoms with Crippen LogP contribution in [-0.4, -0.2) is 35.4 Å². The monoisotopic (exact) mass is 349 g/mol. The third-order valence-electron chi connectivity index (χ3n) is 4.17. The van der Waals surface area contributed by atoms with Crippen LogP contribution in [-0.2, 0) is 0 Å². The molecule has 0 spiro atoms. The molecule has 0 saturated carbocycles. The molecule has 2 atom stereocenters. The van der Waals surface area contributed by atoms with Gasteiger partial charge in [-0.05, 0) is 43.3 Å². The zero-order valence-corrected chi connectivity index (χ0v) is 14.2. The number of hydrogen-bond donors (Lipinski definition) is 1. The summed E-state index contributed by atoms with van der Waals surface area (Å²) in [5.41, 5.74) is 1.66. The predicted octanol–water partition coefficient (Wildman–Crippen LogP) is 3.56. The van der Waals surface area contributed by atoms with Gasteiger partial charge in [-0.1, -0.05) is 35.3 Å². The van der Waals surface area contributed by atoms with Crippen molar-refractivity contribution in [1.82, 2.24) is 15.2 Å². The Morgan fingerprint density at radius 2 is 1.96 bits per heavy atom. The quantitative estimate of drug-likeness (QED) is 0.861. The van der Waals surface area contributed by atoms with Crippen LogP contribution in [0.1, 0.15) is 28.4 Å². The molecule has 0 aliphatic carbocycles. The lowest BCUT2D eigenvalue weighted by Crippen LogP contribution is -2.39. The van der Waals surface area contributed by atoms with Gasteiger partial charge in [-0.3, -0.25) is 9.69 Å². The summed E-state index contributed by atoms with van der Waals surface area (Å²) in [4.78, 5) is 18.6. The van der Waals surface area contributed by atoms with Crippen molar-refractivity contribution in [2.75, 3.05) is 13.6 Å². The molecule has 120 valence electrons. The molecule has 1 N–H and O–H groups in total. The molecule has 0 unspecified atom stereocenters. The zero-order valence-electron chi connectivity index (χ0n) is 12.7. The molecule has 1 amide bonds. The number of benzene rings is 1. The number of halogens is 2. The standard InChI is InChI=1S/C17H17Cl2N3O/c1-22-9-8-14(16(22)11-2-5-13(18)6-3-11)21-17(23)12-4-7-15(19)20-10-12/h2-7,10,14,16H,8-9H2,1H3,(H,21,23)/t14-,16+/m0/s1. The van der Waals surface area contributed by atoms with Crippen LogP contribution in [0.4, 0.5) is 0 Å². The van der Waals surface area contributed by atoms with E-state index in [9.17, 15) is 4.79 Å². The molecule has 4 nitrogen and oxygen atoms in total. The van der Waals surface area contributed by atoms with Gasteiger partial charge in [0.25, 0.3) is 5.91 Å². The maximum atomic E-state index is 12.4. The van der Waals surface area contributed by atoms with Gasteiger partial charge in [0.1, 0.15) is 5.15 Å². The van der Waals surface area contributed by atoms with Crippen molar-refractivity contribution in [3.05, 3.63) is 63.9 Å². The van der Waals surface area contributed by atoms with E-state index in [4.69, 9.17) is 23.2 Å². The van der Waals surface area contributed by atoms with Crippen LogP contribution in [0.15, 0.2) is 42.6 Å². The van der Waals surface area contributed by atoms with Gasteiger partial charge in [0.15, 0.2) is 0 Å². The Labute approximate surface area is 145 Å². The maximum Gasteiger partial charge on any atom is 0.253 e. The third-order valence-corrected chi connectivity index (χ3v) is 4.64. The van der Waals surface area contributed by atoms with Crippen molar-refractivity contribution in [1.29, 1.82) is 0 Å². The number of rotatable bonds is 3. The number of likely N-dealkylation sites (N-methyl/N-ethyl adjacent to an activating group) is 1. The second kappa shape index (κ2) is 6.87. The number of nitrogens with zero attached hydrogens (tertiary/aromatic N) is 2. The summed E-state index contributed by atoms with van der Waals surface area (Å²) in [7, 11) is 2.06. The molecular weight excluding hydrogens is 333 g/mol. The first-order valence-electron chi connectivity index (χ1n) is 7.43. The highest BCUT2D eigenvalue weighted by atomic mass is 35.5. The predicted molar refractivity (Wildman–Crippen MR) is 91.9 cm³/mol. The van der Waals surface area contributed by atoms with Crippen LogP contribution in [0, 0.1) is 0 Å². The minimum atomic E-state index is -0.131. The van der Waals surface area contributed by atoms with E-state index in [-0.39, 0.29) is 18.0 Å². The van der Waals surface area contributed by atoms with Crippen molar-refractivity contribution < 1.29 is 4.79 Å². The molecule has 1 saturated heterocycles. The van der Waals surface area contributed by atoms with E-state index in [1.165, 1.54) is 6.20 Å². The molecule has 6 heteroatoms. The lowest BCUT2D eigenvalue weighted by molar-refractivity contribution is 0.0927. The van der Waals surface area contributed by atoms with E-state index in [0.29, 0.717) is 15.7 Å². The average Bonchev–Trinajstić information content (AvgIpc) is 2.89. The van der Waals surface area contributed by atoms with Gasteiger partial charge in [-0.2, -0.15) is 0 Å². The topological polar surface area (TPSA) is 45.2 Å². The highest BCUT2D eigenvalue weighted by Gasteiger charge is 2.34. The Morgan fingerprint density at radius 1 is 1.22 bits per heavy atom. The second-order valence-corrected chi connectivity index (χ2v) is 6.54. The Bertz CT molecular complexity index is 688. The summed E-state index contributed by atoms with van der Waals surface area (Å²) in [6, 6.07) is 11.3. The smallest absolute Gasteiger partial charge is 0.253 e. The Hall–Kier alpha value is -1.62. The van der Waals surface area contributed by atoms with E-state index in [1.54, 1.807) is 12.1 Å². The third kappa shape index (κ3) is 3.66. The molecule has 1 aliphatic rings. The van der Waals surface area contributed by atoms with Crippen LogP contribution in [0.3, 0.4) is 0 Å². The molecule has 0 radical (unpaired) electrons. The molecule has 2 heterocycles. The first kappa shape index (κ1) is 16.2. The molecule has 2 aromatic rings. The van der Waals surface area contributed by atoms with Gasteiger partial charge in [0, 0.05) is 17.8 Å². The summed E-state index contributed by atoms with van der Waals surface area (Å²) in [5.74, 6) is -0.131. The summed E-state index contributed by atoms with van der Waals surface area (Å²) >= 11 is 11.7. The molecule has 1 fully saturated rings. The van der Waals surface area contributed by atoms with Gasteiger partial charge in [-0.15, -0.1) is 0 Å². The van der Waals surface area contributed by atoms with Crippen molar-refractivity contribution in [2.24, 2.45) is 0 Å². The maximum absolute atomic E-state index is 12.4. The van der Waals surface area contributed by atoms with E-state index >= 15 is 0 Å². The molecule has 1 aromatic heterocycles. The summed E-state index contributed by atoms with van der Waals surface area (Å²) in [5, 5.41) is 4.20. The Balaban J connectivity index is 1.77. The number of amides is 1. The number of carbonyl (C=O) groups is 1. The van der Waals surface area contributed by atoms with Gasteiger partial charge in [0.05, 0.1) is 17.6 Å². The molecule has 23 heavy (non-hydrogen) atoms. The highest BCUT2D eigenvalue weighted by molar-refractivity contribution is 6.30. The largest absolute Gasteiger partial charge is 0.347 e. The SMILES string of the molecule is CN1CC[C@H](NC(=O)c2ccc(Cl)nc2)[C@H]1c1ccc(Cl)cc1. The van der Waals surface area contributed by atoms with Gasteiger partial charge in [-0.25, -0.2) is 4.98 Å². The van der Waals surface area contributed by atoms with Crippen molar-refractivity contribution >= 4 is 29.1 Å². The molecule has 1 aliphatic heterocycles. The summed E-state index contributed by atoms with van der Waals surface area (Å²) in [6.45, 7) is 0.928. The molecule has 3 rings (SSSR count). The van der Waals surface area contributed by atoms with Crippen molar-refractivity contribution in [3.63, 3.8) is 0 Å². The van der Waals surface area contributed by atoms with Crippen molar-refractivity contribution in [3.8, 4) is 0 Å². The number of pyridine rings is 1. The van der Waals surface area contributed by atoms with Crippen LogP contribution < -0.4 is 5.32 Å². The molecule has 1 aromatic carbocycles. The Morgan fingerprint density at radius 3 is 2.61 bits per heavy atom. The van der Waals surface area contributed by atoms with Crippen LogP contribution in [0.25, 0.3) is 0 Å². The minimum absolute atomic E-state index is 0.0457. The lowest BCUT2D eigenvalue weighted by Gasteiger charge is -2.26. The molecular formula is C17H17Cl2N3O. The number of hydrogen-bond acceptors (Lipinski definition) is 3. The number of carbonyl (C=O) groups excluding carboxylic acids is 1. The average molecular weight is 350 g/mol. The van der Waals surface area contributed by atoms with E-state index < -0.39 is 0 Å². The fraction of sp³-hybridized carbons (Fsp3) is 0.294. The lowest BCUT2D eigenvalue weighted by atomic mass is 10.00. The van der Waals surface area contributed by atoms with Gasteiger partial charge < -0.3 is 5.32 Å². The van der Waals surface area contributed by atoms with Gasteiger partial charge >= 0.3 is 0 Å². The highest BCUT2D eigenvalue weighted by Crippen LogP contribution is 2.31. The minimum Gasteiger partial charge on any atom is -0.347 e. The van der Waals surface area contributed by atoms with Crippen LogP contribution >= 0.6 is 23.2 Å². The first-order chi connectivity index (χ1) is 11.0. The van der Waals surface area contributed by atoms with E-state index in [0.717, 1.165) is 18.5 Å². The normalized spacial score (nSPS) is 21.3. The summed E-state index contributed by atoms with van der Waals surface area (Å²) in [6.07, 6.45) is 2.39. The fourth-order valence-electron chi connectivity index (χ4n) is 3.01. The number of likely N-dealkylation sites (tertiary alicyclic amines) is 1. The van der Waals surface area contributed by atoms with Gasteiger partial charge in [0.2, 0.25) is 0 Å². The number of nitrogens with one attached hydrogen (secondary N) is 1.